The molecule has 152 valence electrons. The zero-order valence-electron chi connectivity index (χ0n) is 17.4. The third kappa shape index (κ3) is 5.47. The summed E-state index contributed by atoms with van der Waals surface area (Å²) in [6, 6.07) is 8.89. The fraction of sp³-hybridized carbons (Fsp3) is 0.571. The maximum atomic E-state index is 4.31. The molecule has 1 aliphatic heterocycles. The molecule has 0 bridgehead atoms. The van der Waals surface area contributed by atoms with Crippen molar-refractivity contribution < 1.29 is 0 Å². The van der Waals surface area contributed by atoms with Crippen LogP contribution >= 0.6 is 0 Å². The monoisotopic (exact) mass is 383 g/mol. The molecule has 2 aromatic rings. The van der Waals surface area contributed by atoms with Crippen molar-refractivity contribution in [1.82, 2.24) is 25.4 Å². The van der Waals surface area contributed by atoms with Gasteiger partial charge in [0.25, 0.3) is 0 Å². The van der Waals surface area contributed by atoms with Gasteiger partial charge in [0.05, 0.1) is 0 Å². The van der Waals surface area contributed by atoms with Crippen molar-refractivity contribution in [3.8, 4) is 0 Å². The second-order valence-electron chi connectivity index (χ2n) is 7.48. The maximum Gasteiger partial charge on any atom is 0.191 e. The second-order valence-corrected chi connectivity index (χ2v) is 7.48. The highest BCUT2D eigenvalue weighted by Gasteiger charge is 2.15. The van der Waals surface area contributed by atoms with E-state index in [0.29, 0.717) is 0 Å². The van der Waals surface area contributed by atoms with Crippen LogP contribution in [0.1, 0.15) is 38.1 Å². The third-order valence-electron chi connectivity index (χ3n) is 5.43. The van der Waals surface area contributed by atoms with Gasteiger partial charge in [-0.3, -0.25) is 4.99 Å². The SMILES string of the molecule is CCc1nncn1CCNC(=NC)NCc1ccc(N2CCC(C)CC2)cc1. The van der Waals surface area contributed by atoms with Crippen LogP contribution in [0.5, 0.6) is 0 Å². The average Bonchev–Trinajstić information content (AvgIpc) is 3.19. The fourth-order valence-corrected chi connectivity index (χ4v) is 3.53. The van der Waals surface area contributed by atoms with Gasteiger partial charge in [0.2, 0.25) is 0 Å². The van der Waals surface area contributed by atoms with Gasteiger partial charge in [-0.1, -0.05) is 26.0 Å². The van der Waals surface area contributed by atoms with E-state index in [0.717, 1.165) is 43.8 Å². The van der Waals surface area contributed by atoms with Crippen LogP contribution in [-0.2, 0) is 19.5 Å². The molecule has 1 aliphatic rings. The minimum atomic E-state index is 0.754. The lowest BCUT2D eigenvalue weighted by Gasteiger charge is -2.32. The van der Waals surface area contributed by atoms with Crippen molar-refractivity contribution in [2.75, 3.05) is 31.6 Å². The van der Waals surface area contributed by atoms with Crippen molar-refractivity contribution in [3.05, 3.63) is 42.0 Å². The Morgan fingerprint density at radius 3 is 2.61 bits per heavy atom. The summed E-state index contributed by atoms with van der Waals surface area (Å²) in [6.07, 6.45) is 5.25. The summed E-state index contributed by atoms with van der Waals surface area (Å²) in [5.41, 5.74) is 2.59. The number of benzene rings is 1. The Kier molecular flexibility index (Phi) is 7.28. The molecule has 0 spiro atoms. The van der Waals surface area contributed by atoms with Crippen LogP contribution in [0.2, 0.25) is 0 Å². The largest absolute Gasteiger partial charge is 0.372 e. The Morgan fingerprint density at radius 2 is 1.93 bits per heavy atom. The Hall–Kier alpha value is -2.57. The van der Waals surface area contributed by atoms with Crippen molar-refractivity contribution in [3.63, 3.8) is 0 Å². The van der Waals surface area contributed by atoms with E-state index in [1.165, 1.54) is 37.2 Å². The summed E-state index contributed by atoms with van der Waals surface area (Å²) in [5, 5.41) is 14.8. The van der Waals surface area contributed by atoms with Gasteiger partial charge in [0.1, 0.15) is 12.2 Å². The van der Waals surface area contributed by atoms with E-state index in [1.807, 2.05) is 0 Å². The molecule has 1 aromatic heterocycles. The molecular weight excluding hydrogens is 350 g/mol. The predicted molar refractivity (Wildman–Crippen MR) is 115 cm³/mol. The van der Waals surface area contributed by atoms with E-state index in [9.17, 15) is 0 Å². The van der Waals surface area contributed by atoms with E-state index in [2.05, 4.69) is 73.4 Å². The van der Waals surface area contributed by atoms with Gasteiger partial charge in [-0.05, 0) is 36.5 Å². The smallest absolute Gasteiger partial charge is 0.191 e. The Bertz CT molecular complexity index is 742. The number of rotatable bonds is 7. The summed E-state index contributed by atoms with van der Waals surface area (Å²) >= 11 is 0. The minimum absolute atomic E-state index is 0.754. The highest BCUT2D eigenvalue weighted by Crippen LogP contribution is 2.23. The lowest BCUT2D eigenvalue weighted by molar-refractivity contribution is 0.438. The van der Waals surface area contributed by atoms with Crippen molar-refractivity contribution in [2.24, 2.45) is 10.9 Å². The zero-order valence-corrected chi connectivity index (χ0v) is 17.4. The molecule has 2 heterocycles. The molecule has 3 rings (SSSR count). The van der Waals surface area contributed by atoms with E-state index in [-0.39, 0.29) is 0 Å². The van der Waals surface area contributed by atoms with Crippen molar-refractivity contribution in [2.45, 2.75) is 46.2 Å². The molecule has 0 atom stereocenters. The Balaban J connectivity index is 1.43. The van der Waals surface area contributed by atoms with Crippen LogP contribution in [0.25, 0.3) is 0 Å². The molecule has 1 saturated heterocycles. The van der Waals surface area contributed by atoms with Crippen LogP contribution in [-0.4, -0.2) is 47.4 Å². The number of aryl methyl sites for hydroxylation is 1. The summed E-state index contributed by atoms with van der Waals surface area (Å²) in [4.78, 5) is 6.80. The summed E-state index contributed by atoms with van der Waals surface area (Å²) < 4.78 is 2.07. The first-order valence-electron chi connectivity index (χ1n) is 10.3. The highest BCUT2D eigenvalue weighted by atomic mass is 15.3. The summed E-state index contributed by atoms with van der Waals surface area (Å²) in [6.45, 7) is 9.12. The molecule has 1 fully saturated rings. The molecule has 7 nitrogen and oxygen atoms in total. The lowest BCUT2D eigenvalue weighted by atomic mass is 9.99. The quantitative estimate of drug-likeness (QED) is 0.568. The number of nitrogens with zero attached hydrogens (tertiary/aromatic N) is 5. The number of guanidine groups is 1. The number of nitrogens with one attached hydrogen (secondary N) is 2. The first kappa shape index (κ1) is 20.2. The topological polar surface area (TPSA) is 70.4 Å². The zero-order chi connectivity index (χ0) is 19.8. The molecule has 0 saturated carbocycles. The van der Waals surface area contributed by atoms with E-state index >= 15 is 0 Å². The van der Waals surface area contributed by atoms with Gasteiger partial charge < -0.3 is 20.1 Å². The van der Waals surface area contributed by atoms with Gasteiger partial charge >= 0.3 is 0 Å². The predicted octanol–water partition coefficient (Wildman–Crippen LogP) is 2.44. The van der Waals surface area contributed by atoms with Gasteiger partial charge in [0, 0.05) is 51.9 Å². The number of anilines is 1. The molecule has 7 heteroatoms. The summed E-state index contributed by atoms with van der Waals surface area (Å²) in [5.74, 6) is 2.67. The van der Waals surface area contributed by atoms with Crippen LogP contribution in [0.3, 0.4) is 0 Å². The second kappa shape index (κ2) is 10.1. The number of piperidine rings is 1. The minimum Gasteiger partial charge on any atom is -0.372 e. The van der Waals surface area contributed by atoms with Gasteiger partial charge in [-0.2, -0.15) is 0 Å². The van der Waals surface area contributed by atoms with E-state index in [4.69, 9.17) is 0 Å². The van der Waals surface area contributed by atoms with Crippen LogP contribution in [0, 0.1) is 5.92 Å². The van der Waals surface area contributed by atoms with Gasteiger partial charge in [-0.25, -0.2) is 0 Å². The first-order chi connectivity index (χ1) is 13.7. The average molecular weight is 384 g/mol. The molecular formula is C21H33N7. The van der Waals surface area contributed by atoms with Crippen LogP contribution in [0.15, 0.2) is 35.6 Å². The molecule has 1 aromatic carbocycles. The molecule has 0 aliphatic carbocycles. The Labute approximate surface area is 168 Å². The van der Waals surface area contributed by atoms with Crippen LogP contribution < -0.4 is 15.5 Å². The van der Waals surface area contributed by atoms with Gasteiger partial charge in [-0.15, -0.1) is 10.2 Å². The first-order valence-corrected chi connectivity index (χ1v) is 10.3. The van der Waals surface area contributed by atoms with E-state index in [1.54, 1.807) is 13.4 Å². The standard InChI is InChI=1S/C21H33N7/c1-4-20-26-25-16-28(20)14-11-23-21(22-3)24-15-18-5-7-19(8-6-18)27-12-9-17(2)10-13-27/h5-8,16-17H,4,9-15H2,1-3H3,(H2,22,23,24). The van der Waals surface area contributed by atoms with Crippen molar-refractivity contribution in [1.29, 1.82) is 0 Å². The molecule has 28 heavy (non-hydrogen) atoms. The lowest BCUT2D eigenvalue weighted by Crippen LogP contribution is -2.38. The number of hydrogen-bond acceptors (Lipinski definition) is 4. The maximum absolute atomic E-state index is 4.31. The normalized spacial score (nSPS) is 15.7. The van der Waals surface area contributed by atoms with E-state index < -0.39 is 0 Å². The third-order valence-corrected chi connectivity index (χ3v) is 5.43. The van der Waals surface area contributed by atoms with Gasteiger partial charge in [0.15, 0.2) is 5.96 Å². The number of aliphatic imine (C=N–C) groups is 1. The summed E-state index contributed by atoms with van der Waals surface area (Å²) in [7, 11) is 1.80. The van der Waals surface area contributed by atoms with Crippen LogP contribution in [0.4, 0.5) is 5.69 Å². The number of aromatic nitrogens is 3. The highest BCUT2D eigenvalue weighted by molar-refractivity contribution is 5.79. The Morgan fingerprint density at radius 1 is 1.18 bits per heavy atom. The van der Waals surface area contributed by atoms with Crippen molar-refractivity contribution >= 4 is 11.6 Å². The molecule has 0 unspecified atom stereocenters. The molecule has 2 N–H and O–H groups in total. The molecule has 0 amide bonds. The fourth-order valence-electron chi connectivity index (χ4n) is 3.53. The number of hydrogen-bond donors (Lipinski definition) is 2. The molecule has 0 radical (unpaired) electrons.